The van der Waals surface area contributed by atoms with Crippen molar-refractivity contribution >= 4 is 21.7 Å². The van der Waals surface area contributed by atoms with Gasteiger partial charge in [-0.1, -0.05) is 20.8 Å². The van der Waals surface area contributed by atoms with Crippen molar-refractivity contribution in [3.8, 4) is 0 Å². The van der Waals surface area contributed by atoms with Crippen LogP contribution in [0.15, 0.2) is 26.0 Å². The van der Waals surface area contributed by atoms with Gasteiger partial charge in [-0.15, -0.1) is 4.40 Å². The van der Waals surface area contributed by atoms with Crippen LogP contribution in [0.4, 0.5) is 5.88 Å². The van der Waals surface area contributed by atoms with E-state index in [0.29, 0.717) is 5.84 Å². The lowest BCUT2D eigenvalue weighted by Crippen LogP contribution is -2.32. The zero-order valence-electron chi connectivity index (χ0n) is 8.73. The van der Waals surface area contributed by atoms with E-state index in [4.69, 9.17) is 4.42 Å². The zero-order chi connectivity index (χ0) is 11.3. The Morgan fingerprint density at radius 1 is 1.40 bits per heavy atom. The number of rotatable bonds is 0. The molecule has 6 heteroatoms. The Balaban J connectivity index is 2.58. The Bertz CT molecular complexity index is 520. The summed E-state index contributed by atoms with van der Waals surface area (Å²) in [6, 6.07) is 1.39. The molecule has 1 aromatic heterocycles. The molecule has 2 heterocycles. The van der Waals surface area contributed by atoms with Gasteiger partial charge in [0.05, 0.1) is 6.26 Å². The van der Waals surface area contributed by atoms with Crippen LogP contribution in [0.2, 0.25) is 0 Å². The number of hydrogen-bond donors (Lipinski definition) is 1. The Morgan fingerprint density at radius 2 is 2.07 bits per heavy atom. The van der Waals surface area contributed by atoms with Gasteiger partial charge in [0.15, 0.2) is 4.90 Å². The molecule has 1 aliphatic heterocycles. The van der Waals surface area contributed by atoms with Crippen molar-refractivity contribution in [1.29, 1.82) is 0 Å². The van der Waals surface area contributed by atoms with Crippen molar-refractivity contribution in [3.05, 3.63) is 12.3 Å². The summed E-state index contributed by atoms with van der Waals surface area (Å²) in [7, 11) is -3.60. The minimum absolute atomic E-state index is 0.0931. The van der Waals surface area contributed by atoms with Crippen molar-refractivity contribution in [2.45, 2.75) is 25.7 Å². The molecule has 0 aliphatic carbocycles. The molecule has 0 amide bonds. The van der Waals surface area contributed by atoms with Crippen LogP contribution in [0.25, 0.3) is 0 Å². The third-order valence-corrected chi connectivity index (χ3v) is 3.36. The van der Waals surface area contributed by atoms with Crippen LogP contribution in [-0.4, -0.2) is 14.3 Å². The summed E-state index contributed by atoms with van der Waals surface area (Å²) < 4.78 is 32.2. The van der Waals surface area contributed by atoms with E-state index < -0.39 is 10.0 Å². The molecule has 0 saturated heterocycles. The van der Waals surface area contributed by atoms with Crippen molar-refractivity contribution in [2.24, 2.45) is 9.81 Å². The summed E-state index contributed by atoms with van der Waals surface area (Å²) in [5.41, 5.74) is -0.364. The van der Waals surface area contributed by atoms with Crippen LogP contribution >= 0.6 is 0 Å². The summed E-state index contributed by atoms with van der Waals surface area (Å²) in [6.07, 6.45) is 1.33. The number of sulfonamides is 1. The molecule has 1 aliphatic rings. The second-order valence-corrected chi connectivity index (χ2v) is 5.98. The SMILES string of the molecule is CC(C)(C)C1=NS(=O)(=O)c2ccoc2N1. The maximum Gasteiger partial charge on any atom is 0.289 e. The molecule has 0 atom stereocenters. The minimum Gasteiger partial charge on any atom is -0.447 e. The van der Waals surface area contributed by atoms with Crippen molar-refractivity contribution in [3.63, 3.8) is 0 Å². The van der Waals surface area contributed by atoms with Gasteiger partial charge < -0.3 is 9.73 Å². The first-order valence-corrected chi connectivity index (χ1v) is 5.95. The van der Waals surface area contributed by atoms with Crippen LogP contribution in [0, 0.1) is 5.41 Å². The second-order valence-electron chi connectivity index (χ2n) is 4.40. The zero-order valence-corrected chi connectivity index (χ0v) is 9.55. The molecule has 82 valence electrons. The molecule has 0 unspecified atom stereocenters. The van der Waals surface area contributed by atoms with Crippen LogP contribution in [0.1, 0.15) is 20.8 Å². The van der Waals surface area contributed by atoms with Gasteiger partial charge in [0, 0.05) is 5.41 Å². The lowest BCUT2D eigenvalue weighted by atomic mass is 9.95. The van der Waals surface area contributed by atoms with E-state index in [1.165, 1.54) is 12.3 Å². The van der Waals surface area contributed by atoms with Crippen LogP contribution in [0.5, 0.6) is 0 Å². The summed E-state index contributed by atoms with van der Waals surface area (Å²) in [6.45, 7) is 5.63. The smallest absolute Gasteiger partial charge is 0.289 e. The molecule has 0 bridgehead atoms. The number of nitrogens with one attached hydrogen (secondary N) is 1. The molecular weight excluding hydrogens is 216 g/mol. The van der Waals surface area contributed by atoms with E-state index in [-0.39, 0.29) is 16.2 Å². The molecule has 0 aromatic carbocycles. The molecule has 5 nitrogen and oxygen atoms in total. The van der Waals surface area contributed by atoms with Gasteiger partial charge in [-0.25, -0.2) is 0 Å². The molecule has 0 spiro atoms. The standard InChI is InChI=1S/C9H12N2O3S/c1-9(2,3)8-10-7-6(4-5-14-7)15(12,13)11-8/h4-5H,1-3H3,(H,10,11). The van der Waals surface area contributed by atoms with E-state index in [9.17, 15) is 8.42 Å². The van der Waals surface area contributed by atoms with Gasteiger partial charge in [-0.3, -0.25) is 0 Å². The summed E-state index contributed by atoms with van der Waals surface area (Å²) in [5, 5.41) is 2.88. The van der Waals surface area contributed by atoms with Crippen LogP contribution in [0.3, 0.4) is 0 Å². The lowest BCUT2D eigenvalue weighted by Gasteiger charge is -2.24. The highest BCUT2D eigenvalue weighted by Gasteiger charge is 2.32. The number of nitrogens with zero attached hydrogens (tertiary/aromatic N) is 1. The van der Waals surface area contributed by atoms with Crippen molar-refractivity contribution < 1.29 is 12.8 Å². The van der Waals surface area contributed by atoms with Crippen LogP contribution < -0.4 is 5.32 Å². The van der Waals surface area contributed by atoms with E-state index in [2.05, 4.69) is 9.71 Å². The highest BCUT2D eigenvalue weighted by Crippen LogP contribution is 2.31. The molecule has 2 rings (SSSR count). The summed E-state index contributed by atoms with van der Waals surface area (Å²) in [4.78, 5) is 0.0931. The monoisotopic (exact) mass is 228 g/mol. The van der Waals surface area contributed by atoms with Crippen LogP contribution in [-0.2, 0) is 10.0 Å². The first-order chi connectivity index (χ1) is 6.81. The molecule has 1 aromatic rings. The molecule has 15 heavy (non-hydrogen) atoms. The molecule has 0 radical (unpaired) electrons. The van der Waals surface area contributed by atoms with E-state index in [0.717, 1.165) is 0 Å². The summed E-state index contributed by atoms with van der Waals surface area (Å²) in [5.74, 6) is 0.639. The Hall–Kier alpha value is -1.30. The molecule has 1 N–H and O–H groups in total. The highest BCUT2D eigenvalue weighted by molar-refractivity contribution is 7.90. The van der Waals surface area contributed by atoms with Crippen molar-refractivity contribution in [2.75, 3.05) is 5.32 Å². The largest absolute Gasteiger partial charge is 0.447 e. The van der Waals surface area contributed by atoms with Gasteiger partial charge in [0.25, 0.3) is 10.0 Å². The van der Waals surface area contributed by atoms with Gasteiger partial charge in [-0.05, 0) is 6.07 Å². The predicted octanol–water partition coefficient (Wildman–Crippen LogP) is 1.84. The Morgan fingerprint density at radius 3 is 2.67 bits per heavy atom. The Labute approximate surface area is 88.3 Å². The third-order valence-electron chi connectivity index (χ3n) is 2.06. The fraction of sp³-hybridized carbons (Fsp3) is 0.444. The van der Waals surface area contributed by atoms with Crippen molar-refractivity contribution in [1.82, 2.24) is 0 Å². The van der Waals surface area contributed by atoms with Gasteiger partial charge in [0.2, 0.25) is 5.88 Å². The molecule has 0 fully saturated rings. The average Bonchev–Trinajstić information content (AvgIpc) is 2.49. The van der Waals surface area contributed by atoms with E-state index >= 15 is 0 Å². The quantitative estimate of drug-likeness (QED) is 0.735. The van der Waals surface area contributed by atoms with Gasteiger partial charge in [0.1, 0.15) is 5.84 Å². The summed E-state index contributed by atoms with van der Waals surface area (Å²) >= 11 is 0. The predicted molar refractivity (Wildman–Crippen MR) is 56.4 cm³/mol. The number of fused-ring (bicyclic) bond motifs is 1. The lowest BCUT2D eigenvalue weighted by molar-refractivity contribution is 0.554. The first kappa shape index (κ1) is 10.2. The third kappa shape index (κ3) is 1.65. The number of anilines is 1. The van der Waals surface area contributed by atoms with E-state index in [1.54, 1.807) is 0 Å². The fourth-order valence-corrected chi connectivity index (χ4v) is 2.44. The Kier molecular flexibility index (Phi) is 1.94. The normalized spacial score (nSPS) is 19.0. The second kappa shape index (κ2) is 2.85. The number of amidine groups is 1. The average molecular weight is 228 g/mol. The van der Waals surface area contributed by atoms with Gasteiger partial charge in [-0.2, -0.15) is 8.42 Å². The van der Waals surface area contributed by atoms with E-state index in [1.807, 2.05) is 20.8 Å². The number of hydrogen-bond acceptors (Lipinski definition) is 4. The fourth-order valence-electron chi connectivity index (χ4n) is 1.22. The molecular formula is C9H12N2O3S. The minimum atomic E-state index is -3.60. The maximum absolute atomic E-state index is 11.7. The first-order valence-electron chi connectivity index (χ1n) is 4.51. The highest BCUT2D eigenvalue weighted by atomic mass is 32.2. The topological polar surface area (TPSA) is 71.7 Å². The maximum atomic E-state index is 11.7. The van der Waals surface area contributed by atoms with Gasteiger partial charge >= 0.3 is 0 Å². The molecule has 0 saturated carbocycles. The number of furan rings is 1.